The first-order chi connectivity index (χ1) is 8.70. The van der Waals surface area contributed by atoms with E-state index in [1.54, 1.807) is 12.1 Å². The van der Waals surface area contributed by atoms with Crippen molar-refractivity contribution in [2.24, 2.45) is 0 Å². The number of nitriles is 1. The van der Waals surface area contributed by atoms with Gasteiger partial charge in [-0.3, -0.25) is 4.90 Å². The van der Waals surface area contributed by atoms with Gasteiger partial charge in [-0.15, -0.1) is 0 Å². The minimum Gasteiger partial charge on any atom is -0.317 e. The van der Waals surface area contributed by atoms with Gasteiger partial charge in [-0.2, -0.15) is 5.26 Å². The van der Waals surface area contributed by atoms with Crippen molar-refractivity contribution in [2.45, 2.75) is 25.4 Å². The van der Waals surface area contributed by atoms with E-state index in [0.717, 1.165) is 25.9 Å². The van der Waals surface area contributed by atoms with Crippen LogP contribution in [0, 0.1) is 17.1 Å². The summed E-state index contributed by atoms with van der Waals surface area (Å²) in [5, 5.41) is 12.0. The molecule has 1 saturated heterocycles. The largest absolute Gasteiger partial charge is 0.317 e. The summed E-state index contributed by atoms with van der Waals surface area (Å²) in [6.07, 6.45) is 2.21. The summed E-state index contributed by atoms with van der Waals surface area (Å²) in [7, 11) is 2.04. The molecular formula is C14H18FN3. The van der Waals surface area contributed by atoms with Gasteiger partial charge in [-0.05, 0) is 45.1 Å². The number of hydrogen-bond acceptors (Lipinski definition) is 3. The molecule has 0 saturated carbocycles. The Hall–Kier alpha value is -1.44. The molecule has 0 bridgehead atoms. The van der Waals surface area contributed by atoms with E-state index in [1.807, 2.05) is 13.1 Å². The van der Waals surface area contributed by atoms with Crippen LogP contribution < -0.4 is 5.32 Å². The molecule has 1 aliphatic heterocycles. The van der Waals surface area contributed by atoms with Gasteiger partial charge in [0.05, 0.1) is 11.6 Å². The summed E-state index contributed by atoms with van der Waals surface area (Å²) < 4.78 is 13.8. The maximum Gasteiger partial charge on any atom is 0.129 e. The van der Waals surface area contributed by atoms with Gasteiger partial charge in [0.1, 0.15) is 5.82 Å². The predicted molar refractivity (Wildman–Crippen MR) is 68.5 cm³/mol. The fourth-order valence-corrected chi connectivity index (χ4v) is 2.39. The predicted octanol–water partition coefficient (Wildman–Crippen LogP) is 1.88. The van der Waals surface area contributed by atoms with E-state index < -0.39 is 0 Å². The molecule has 0 amide bonds. The molecule has 1 aromatic rings. The summed E-state index contributed by atoms with van der Waals surface area (Å²) in [4.78, 5) is 2.20. The molecule has 1 N–H and O–H groups in total. The molecule has 1 aromatic carbocycles. The molecule has 0 radical (unpaired) electrons. The molecule has 96 valence electrons. The fraction of sp³-hybridized carbons (Fsp3) is 0.500. The zero-order chi connectivity index (χ0) is 13.0. The smallest absolute Gasteiger partial charge is 0.129 e. The molecule has 1 aliphatic rings. The Morgan fingerprint density at radius 2 is 2.17 bits per heavy atom. The van der Waals surface area contributed by atoms with Gasteiger partial charge in [0, 0.05) is 18.2 Å². The van der Waals surface area contributed by atoms with Crippen molar-refractivity contribution >= 4 is 0 Å². The topological polar surface area (TPSA) is 39.1 Å². The van der Waals surface area contributed by atoms with Crippen molar-refractivity contribution in [3.8, 4) is 6.07 Å². The van der Waals surface area contributed by atoms with Gasteiger partial charge in [0.2, 0.25) is 0 Å². The highest BCUT2D eigenvalue weighted by molar-refractivity contribution is 5.32. The second-order valence-corrected chi connectivity index (χ2v) is 4.81. The summed E-state index contributed by atoms with van der Waals surface area (Å²) >= 11 is 0. The minimum atomic E-state index is -0.283. The van der Waals surface area contributed by atoms with Crippen LogP contribution in [0.2, 0.25) is 0 Å². The molecule has 0 aliphatic carbocycles. The number of nitrogens with one attached hydrogen (secondary N) is 1. The molecule has 3 nitrogen and oxygen atoms in total. The zero-order valence-corrected chi connectivity index (χ0v) is 10.6. The molecule has 1 fully saturated rings. The number of halogens is 1. The number of rotatable bonds is 3. The first kappa shape index (κ1) is 13.0. The first-order valence-corrected chi connectivity index (χ1v) is 6.30. The van der Waals surface area contributed by atoms with Gasteiger partial charge in [0.25, 0.3) is 0 Å². The van der Waals surface area contributed by atoms with Crippen molar-refractivity contribution in [1.82, 2.24) is 10.2 Å². The standard InChI is InChI=1S/C14H18FN3/c1-18(13-4-6-17-7-5-13)10-12-3-2-11(9-16)8-14(12)15/h2-3,8,13,17H,4-7,10H2,1H3. The van der Waals surface area contributed by atoms with Crippen LogP contribution in [0.4, 0.5) is 4.39 Å². The maximum atomic E-state index is 13.8. The molecule has 0 atom stereocenters. The lowest BCUT2D eigenvalue weighted by Gasteiger charge is -2.31. The normalized spacial score (nSPS) is 16.8. The summed E-state index contributed by atoms with van der Waals surface area (Å²) in [6.45, 7) is 2.66. The van der Waals surface area contributed by atoms with E-state index in [1.165, 1.54) is 6.07 Å². The van der Waals surface area contributed by atoms with Crippen LogP contribution >= 0.6 is 0 Å². The summed E-state index contributed by atoms with van der Waals surface area (Å²) in [5.41, 5.74) is 1.04. The van der Waals surface area contributed by atoms with Crippen molar-refractivity contribution < 1.29 is 4.39 Å². The summed E-state index contributed by atoms with van der Waals surface area (Å²) in [5.74, 6) is -0.283. The van der Waals surface area contributed by atoms with Crippen molar-refractivity contribution in [3.05, 3.63) is 35.1 Å². The lowest BCUT2D eigenvalue weighted by atomic mass is 10.0. The Balaban J connectivity index is 2.02. The third kappa shape index (κ3) is 3.06. The monoisotopic (exact) mass is 247 g/mol. The third-order valence-electron chi connectivity index (χ3n) is 3.53. The van der Waals surface area contributed by atoms with Gasteiger partial charge in [-0.1, -0.05) is 6.07 Å². The molecule has 2 rings (SSSR count). The van der Waals surface area contributed by atoms with Crippen LogP contribution in [-0.4, -0.2) is 31.1 Å². The number of benzene rings is 1. The second-order valence-electron chi connectivity index (χ2n) is 4.81. The molecule has 0 unspecified atom stereocenters. The van der Waals surface area contributed by atoms with Gasteiger partial charge < -0.3 is 5.32 Å². The second kappa shape index (κ2) is 5.94. The fourth-order valence-electron chi connectivity index (χ4n) is 2.39. The quantitative estimate of drug-likeness (QED) is 0.886. The SMILES string of the molecule is CN(Cc1ccc(C#N)cc1F)C1CCNCC1. The lowest BCUT2D eigenvalue weighted by molar-refractivity contribution is 0.190. The third-order valence-corrected chi connectivity index (χ3v) is 3.53. The van der Waals surface area contributed by atoms with E-state index >= 15 is 0 Å². The van der Waals surface area contributed by atoms with Crippen molar-refractivity contribution in [2.75, 3.05) is 20.1 Å². The van der Waals surface area contributed by atoms with E-state index in [0.29, 0.717) is 23.7 Å². The van der Waals surface area contributed by atoms with Gasteiger partial charge >= 0.3 is 0 Å². The highest BCUT2D eigenvalue weighted by atomic mass is 19.1. The van der Waals surface area contributed by atoms with Crippen LogP contribution in [0.5, 0.6) is 0 Å². The Morgan fingerprint density at radius 3 is 2.78 bits per heavy atom. The lowest BCUT2D eigenvalue weighted by Crippen LogP contribution is -2.40. The van der Waals surface area contributed by atoms with Crippen LogP contribution in [0.15, 0.2) is 18.2 Å². The van der Waals surface area contributed by atoms with Crippen molar-refractivity contribution in [1.29, 1.82) is 5.26 Å². The summed E-state index contributed by atoms with van der Waals surface area (Å²) in [6, 6.07) is 7.17. The average Bonchev–Trinajstić information content (AvgIpc) is 2.42. The molecule has 1 heterocycles. The van der Waals surface area contributed by atoms with Gasteiger partial charge in [0.15, 0.2) is 0 Å². The van der Waals surface area contributed by atoms with Crippen LogP contribution in [0.25, 0.3) is 0 Å². The highest BCUT2D eigenvalue weighted by Crippen LogP contribution is 2.16. The van der Waals surface area contributed by atoms with E-state index in [9.17, 15) is 4.39 Å². The Kier molecular flexibility index (Phi) is 4.29. The Morgan fingerprint density at radius 1 is 1.44 bits per heavy atom. The Labute approximate surface area is 107 Å². The van der Waals surface area contributed by atoms with Crippen LogP contribution in [-0.2, 0) is 6.54 Å². The van der Waals surface area contributed by atoms with Crippen molar-refractivity contribution in [3.63, 3.8) is 0 Å². The molecular weight excluding hydrogens is 229 g/mol. The van der Waals surface area contributed by atoms with Crippen LogP contribution in [0.1, 0.15) is 24.0 Å². The number of piperidine rings is 1. The maximum absolute atomic E-state index is 13.8. The number of nitrogens with zero attached hydrogens (tertiary/aromatic N) is 2. The van der Waals surface area contributed by atoms with E-state index in [-0.39, 0.29) is 5.82 Å². The molecule has 0 aromatic heterocycles. The van der Waals surface area contributed by atoms with Gasteiger partial charge in [-0.25, -0.2) is 4.39 Å². The minimum absolute atomic E-state index is 0.283. The van der Waals surface area contributed by atoms with E-state index in [2.05, 4.69) is 10.2 Å². The van der Waals surface area contributed by atoms with Crippen LogP contribution in [0.3, 0.4) is 0 Å². The molecule has 18 heavy (non-hydrogen) atoms. The van der Waals surface area contributed by atoms with E-state index in [4.69, 9.17) is 5.26 Å². The first-order valence-electron chi connectivity index (χ1n) is 6.30. The average molecular weight is 247 g/mol. The molecule has 4 heteroatoms. The Bertz CT molecular complexity index is 447. The molecule has 0 spiro atoms. The number of hydrogen-bond donors (Lipinski definition) is 1. The highest BCUT2D eigenvalue weighted by Gasteiger charge is 2.18. The zero-order valence-electron chi connectivity index (χ0n) is 10.6.